The smallest absolute Gasteiger partial charge is 0.337 e. The number of ether oxygens (including phenoxy) is 1. The molecule has 10 heteroatoms. The van der Waals surface area contributed by atoms with E-state index in [9.17, 15) is 9.59 Å². The summed E-state index contributed by atoms with van der Waals surface area (Å²) in [6.45, 7) is 1.98. The lowest BCUT2D eigenvalue weighted by Crippen LogP contribution is -2.37. The van der Waals surface area contributed by atoms with Crippen molar-refractivity contribution in [3.05, 3.63) is 63.4 Å². The molecule has 0 saturated carbocycles. The molecule has 1 aliphatic rings. The molecule has 0 aliphatic carbocycles. The van der Waals surface area contributed by atoms with Crippen LogP contribution in [0.2, 0.25) is 5.02 Å². The van der Waals surface area contributed by atoms with Gasteiger partial charge in [0.1, 0.15) is 0 Å². The second-order valence-corrected chi connectivity index (χ2v) is 9.07. The molecule has 172 valence electrons. The molecule has 1 N–H and O–H groups in total. The van der Waals surface area contributed by atoms with Gasteiger partial charge in [0, 0.05) is 16.0 Å². The van der Waals surface area contributed by atoms with Crippen molar-refractivity contribution < 1.29 is 18.8 Å². The van der Waals surface area contributed by atoms with Crippen LogP contribution in [0.15, 0.2) is 51.5 Å². The highest BCUT2D eigenvalue weighted by atomic mass is 79.9. The number of carbonyl (C=O) groups is 2. The molecule has 1 saturated heterocycles. The maximum atomic E-state index is 12.8. The largest absolute Gasteiger partial charge is 0.465 e. The van der Waals surface area contributed by atoms with E-state index in [-0.39, 0.29) is 11.8 Å². The summed E-state index contributed by atoms with van der Waals surface area (Å²) in [5, 5.41) is 7.29. The van der Waals surface area contributed by atoms with Gasteiger partial charge >= 0.3 is 5.97 Å². The van der Waals surface area contributed by atoms with Crippen LogP contribution in [0.3, 0.4) is 0 Å². The van der Waals surface area contributed by atoms with E-state index < -0.39 is 5.97 Å². The lowest BCUT2D eigenvalue weighted by atomic mass is 9.95. The number of hydrogen-bond acceptors (Lipinski definition) is 7. The number of carbonyl (C=O) groups excluding carboxylic acids is 2. The van der Waals surface area contributed by atoms with Gasteiger partial charge in [-0.15, -0.1) is 0 Å². The molecule has 2 aromatic carbocycles. The van der Waals surface area contributed by atoms with Crippen LogP contribution in [0, 0.1) is 5.92 Å². The van der Waals surface area contributed by atoms with Crippen LogP contribution < -0.4 is 5.32 Å². The zero-order valence-corrected chi connectivity index (χ0v) is 20.2. The Labute approximate surface area is 204 Å². The number of nitrogens with one attached hydrogen (secondary N) is 1. The first kappa shape index (κ1) is 23.4. The summed E-state index contributed by atoms with van der Waals surface area (Å²) in [6.07, 6.45) is 1.37. The van der Waals surface area contributed by atoms with Crippen LogP contribution in [0.4, 0.5) is 5.69 Å². The van der Waals surface area contributed by atoms with Crippen molar-refractivity contribution in [3.63, 3.8) is 0 Å². The zero-order chi connectivity index (χ0) is 23.4. The molecule has 33 heavy (non-hydrogen) atoms. The predicted molar refractivity (Wildman–Crippen MR) is 127 cm³/mol. The van der Waals surface area contributed by atoms with Gasteiger partial charge in [-0.1, -0.05) is 44.8 Å². The summed E-state index contributed by atoms with van der Waals surface area (Å²) in [4.78, 5) is 31.2. The first-order valence-corrected chi connectivity index (χ1v) is 11.6. The molecule has 8 nitrogen and oxygen atoms in total. The number of hydrogen-bond donors (Lipinski definition) is 1. The number of methoxy groups -OCH3 is 1. The molecule has 1 amide bonds. The SMILES string of the molecule is COC(=O)c1ccc(Cl)c(NC(=O)C2CCN(Cc3nc(-c4cccc(Br)c4)no3)CC2)c1. The second kappa shape index (κ2) is 10.5. The first-order valence-electron chi connectivity index (χ1n) is 10.4. The molecule has 0 bridgehead atoms. The van der Waals surface area contributed by atoms with E-state index in [1.165, 1.54) is 13.2 Å². The summed E-state index contributed by atoms with van der Waals surface area (Å²) in [5.41, 5.74) is 1.61. The Balaban J connectivity index is 1.31. The molecule has 1 aliphatic heterocycles. The molecular weight excluding hydrogens is 512 g/mol. The Morgan fingerprint density at radius 1 is 1.24 bits per heavy atom. The van der Waals surface area contributed by atoms with Gasteiger partial charge in [-0.3, -0.25) is 9.69 Å². The van der Waals surface area contributed by atoms with Crippen molar-refractivity contribution in [2.24, 2.45) is 5.92 Å². The lowest BCUT2D eigenvalue weighted by molar-refractivity contribution is -0.121. The molecule has 1 aromatic heterocycles. The molecule has 0 radical (unpaired) electrons. The van der Waals surface area contributed by atoms with E-state index in [0.717, 1.165) is 23.1 Å². The number of amides is 1. The Morgan fingerprint density at radius 3 is 2.76 bits per heavy atom. The number of anilines is 1. The van der Waals surface area contributed by atoms with Crippen LogP contribution in [0.25, 0.3) is 11.4 Å². The van der Waals surface area contributed by atoms with Crippen molar-refractivity contribution >= 4 is 45.1 Å². The summed E-state index contributed by atoms with van der Waals surface area (Å²) in [5.74, 6) is 0.331. The van der Waals surface area contributed by atoms with Crippen LogP contribution >= 0.6 is 27.5 Å². The van der Waals surface area contributed by atoms with E-state index in [0.29, 0.717) is 47.4 Å². The van der Waals surface area contributed by atoms with Gasteiger partial charge in [-0.25, -0.2) is 4.79 Å². The predicted octanol–water partition coefficient (Wildman–Crippen LogP) is 4.79. The average molecular weight is 534 g/mol. The van der Waals surface area contributed by atoms with Crippen LogP contribution in [0.5, 0.6) is 0 Å². The quantitative estimate of drug-likeness (QED) is 0.455. The molecule has 4 rings (SSSR count). The van der Waals surface area contributed by atoms with Gasteiger partial charge in [0.05, 0.1) is 29.9 Å². The number of rotatable bonds is 6. The summed E-state index contributed by atoms with van der Waals surface area (Å²) in [6, 6.07) is 12.4. The molecule has 0 spiro atoms. The number of nitrogens with zero attached hydrogens (tertiary/aromatic N) is 3. The monoisotopic (exact) mass is 532 g/mol. The average Bonchev–Trinajstić information content (AvgIpc) is 3.29. The minimum atomic E-state index is -0.487. The van der Waals surface area contributed by atoms with Crippen molar-refractivity contribution in [2.45, 2.75) is 19.4 Å². The summed E-state index contributed by atoms with van der Waals surface area (Å²) in [7, 11) is 1.30. The number of esters is 1. The number of benzene rings is 2. The fourth-order valence-corrected chi connectivity index (χ4v) is 4.27. The molecular formula is C23H22BrClN4O4. The number of halogens is 2. The van der Waals surface area contributed by atoms with Gasteiger partial charge in [0.15, 0.2) is 0 Å². The maximum Gasteiger partial charge on any atom is 0.337 e. The van der Waals surface area contributed by atoms with Crippen LogP contribution in [-0.2, 0) is 16.1 Å². The van der Waals surface area contributed by atoms with Crippen molar-refractivity contribution in [1.82, 2.24) is 15.0 Å². The fourth-order valence-electron chi connectivity index (χ4n) is 3.71. The number of aromatic nitrogens is 2. The topological polar surface area (TPSA) is 97.6 Å². The van der Waals surface area contributed by atoms with Crippen LogP contribution in [-0.4, -0.2) is 47.1 Å². The minimum absolute atomic E-state index is 0.117. The van der Waals surface area contributed by atoms with Gasteiger partial charge in [0.25, 0.3) is 0 Å². The van der Waals surface area contributed by atoms with Crippen molar-refractivity contribution in [3.8, 4) is 11.4 Å². The maximum absolute atomic E-state index is 12.8. The minimum Gasteiger partial charge on any atom is -0.465 e. The highest BCUT2D eigenvalue weighted by molar-refractivity contribution is 9.10. The summed E-state index contributed by atoms with van der Waals surface area (Å²) < 4.78 is 11.1. The van der Waals surface area contributed by atoms with E-state index in [1.54, 1.807) is 12.1 Å². The molecule has 2 heterocycles. The lowest BCUT2D eigenvalue weighted by Gasteiger charge is -2.30. The van der Waals surface area contributed by atoms with Crippen LogP contribution in [0.1, 0.15) is 29.1 Å². The van der Waals surface area contributed by atoms with Crippen molar-refractivity contribution in [1.29, 1.82) is 0 Å². The Morgan fingerprint density at radius 2 is 2.03 bits per heavy atom. The molecule has 3 aromatic rings. The van der Waals surface area contributed by atoms with E-state index >= 15 is 0 Å². The fraction of sp³-hybridized carbons (Fsp3) is 0.304. The Bertz CT molecular complexity index is 1160. The number of piperidine rings is 1. The van der Waals surface area contributed by atoms with Gasteiger partial charge < -0.3 is 14.6 Å². The summed E-state index contributed by atoms with van der Waals surface area (Å²) >= 11 is 9.64. The van der Waals surface area contributed by atoms with E-state index in [2.05, 4.69) is 36.3 Å². The van der Waals surface area contributed by atoms with Gasteiger partial charge in [-0.05, 0) is 56.3 Å². The second-order valence-electron chi connectivity index (χ2n) is 7.75. The highest BCUT2D eigenvalue weighted by Crippen LogP contribution is 2.27. The van der Waals surface area contributed by atoms with E-state index in [4.69, 9.17) is 20.9 Å². The highest BCUT2D eigenvalue weighted by Gasteiger charge is 2.26. The molecule has 1 fully saturated rings. The third-order valence-corrected chi connectivity index (χ3v) is 6.34. The molecule has 0 unspecified atom stereocenters. The van der Waals surface area contributed by atoms with Gasteiger partial charge in [-0.2, -0.15) is 4.98 Å². The third-order valence-electron chi connectivity index (χ3n) is 5.51. The Hall–Kier alpha value is -2.75. The third kappa shape index (κ3) is 5.79. The number of likely N-dealkylation sites (tertiary alicyclic amines) is 1. The Kier molecular flexibility index (Phi) is 7.42. The molecule has 0 atom stereocenters. The van der Waals surface area contributed by atoms with Gasteiger partial charge in [0.2, 0.25) is 17.6 Å². The normalized spacial score (nSPS) is 14.8. The van der Waals surface area contributed by atoms with E-state index in [1.807, 2.05) is 24.3 Å². The zero-order valence-electron chi connectivity index (χ0n) is 17.9. The standard InChI is InChI=1S/C23H22BrClN4O4/c1-32-23(31)16-5-6-18(25)19(12-16)26-22(30)14-7-9-29(10-8-14)13-20-27-21(28-33-20)15-3-2-4-17(24)11-15/h2-6,11-12,14H,7-10,13H2,1H3,(H,26,30). The first-order chi connectivity index (χ1) is 15.9. The van der Waals surface area contributed by atoms with Crippen molar-refractivity contribution in [2.75, 3.05) is 25.5 Å².